The number of hydrogen-bond acceptors (Lipinski definition) is 6. The van der Waals surface area contributed by atoms with Crippen LogP contribution in [0.4, 0.5) is 0 Å². The van der Waals surface area contributed by atoms with E-state index in [0.29, 0.717) is 17.1 Å². The summed E-state index contributed by atoms with van der Waals surface area (Å²) in [5, 5.41) is -0.366. The summed E-state index contributed by atoms with van der Waals surface area (Å²) in [6.45, 7) is 0.233. The number of thioether (sulfide) groups is 1. The molecule has 138 valence electrons. The summed E-state index contributed by atoms with van der Waals surface area (Å²) in [5.74, 6) is 0.764. The number of ether oxygens (including phenoxy) is 2. The van der Waals surface area contributed by atoms with Gasteiger partial charge in [0.15, 0.2) is 0 Å². The van der Waals surface area contributed by atoms with Gasteiger partial charge in [-0.15, -0.1) is 11.8 Å². The van der Waals surface area contributed by atoms with Crippen LogP contribution in [-0.2, 0) is 14.8 Å². The van der Waals surface area contributed by atoms with Crippen LogP contribution in [0.25, 0.3) is 0 Å². The van der Waals surface area contributed by atoms with E-state index in [4.69, 9.17) is 9.47 Å². The van der Waals surface area contributed by atoms with Crippen LogP contribution in [0, 0.1) is 5.92 Å². The Balaban J connectivity index is 1.49. The van der Waals surface area contributed by atoms with Crippen LogP contribution in [0.3, 0.4) is 0 Å². The molecule has 1 aliphatic carbocycles. The number of carbonyl (C=O) groups excluding carboxylic acids is 1. The van der Waals surface area contributed by atoms with E-state index in [0.717, 1.165) is 25.7 Å². The van der Waals surface area contributed by atoms with Gasteiger partial charge in [-0.2, -0.15) is 0 Å². The van der Waals surface area contributed by atoms with Crippen molar-refractivity contribution in [1.29, 1.82) is 0 Å². The van der Waals surface area contributed by atoms with E-state index in [1.165, 1.54) is 18.9 Å². The largest absolute Gasteiger partial charge is 0.496 e. The van der Waals surface area contributed by atoms with E-state index >= 15 is 0 Å². The number of rotatable bonds is 6. The minimum Gasteiger partial charge on any atom is -0.496 e. The maximum absolute atomic E-state index is 12.2. The van der Waals surface area contributed by atoms with Gasteiger partial charge in [0.25, 0.3) is 0 Å². The average Bonchev–Trinajstić information content (AvgIpc) is 2.89. The minimum atomic E-state index is -3.20. The first-order valence-corrected chi connectivity index (χ1v) is 11.1. The molecule has 2 aliphatic rings. The van der Waals surface area contributed by atoms with Gasteiger partial charge >= 0.3 is 5.97 Å². The molecule has 3 atom stereocenters. The first-order valence-electron chi connectivity index (χ1n) is 8.46. The monoisotopic (exact) mass is 385 g/mol. The Bertz CT molecular complexity index is 722. The van der Waals surface area contributed by atoms with Crippen molar-refractivity contribution in [2.75, 3.05) is 19.5 Å². The SMILES string of the molecule is COc1ccccc1C(=O)OCCSC1NS(=O)(=O)C2CCCCC12. The molecule has 2 fully saturated rings. The second-order valence-corrected chi connectivity index (χ2v) is 9.46. The number of hydrogen-bond donors (Lipinski definition) is 1. The molecule has 1 saturated carbocycles. The van der Waals surface area contributed by atoms with Gasteiger partial charge in [-0.25, -0.2) is 17.9 Å². The molecule has 6 nitrogen and oxygen atoms in total. The Kier molecular flexibility index (Phi) is 5.91. The Hall–Kier alpha value is -1.25. The highest BCUT2D eigenvalue weighted by molar-refractivity contribution is 8.01. The predicted molar refractivity (Wildman–Crippen MR) is 97.3 cm³/mol. The summed E-state index contributed by atoms with van der Waals surface area (Å²) in [4.78, 5) is 12.1. The molecule has 0 aromatic heterocycles. The molecule has 3 rings (SSSR count). The average molecular weight is 386 g/mol. The van der Waals surface area contributed by atoms with Gasteiger partial charge < -0.3 is 9.47 Å². The van der Waals surface area contributed by atoms with Crippen molar-refractivity contribution < 1.29 is 22.7 Å². The molecule has 1 aliphatic heterocycles. The van der Waals surface area contributed by atoms with E-state index in [1.807, 2.05) is 0 Å². The van der Waals surface area contributed by atoms with Crippen LogP contribution in [0.5, 0.6) is 5.75 Å². The summed E-state index contributed by atoms with van der Waals surface area (Å²) in [6, 6.07) is 6.91. The zero-order valence-corrected chi connectivity index (χ0v) is 15.8. The highest BCUT2D eigenvalue weighted by Gasteiger charge is 2.47. The lowest BCUT2D eigenvalue weighted by molar-refractivity contribution is 0.0526. The molecule has 0 spiro atoms. The highest BCUT2D eigenvalue weighted by Crippen LogP contribution is 2.40. The van der Waals surface area contributed by atoms with Gasteiger partial charge in [0.1, 0.15) is 17.9 Å². The van der Waals surface area contributed by atoms with Gasteiger partial charge in [-0.1, -0.05) is 25.0 Å². The lowest BCUT2D eigenvalue weighted by Gasteiger charge is -2.25. The molecule has 0 bridgehead atoms. The third-order valence-electron chi connectivity index (χ3n) is 4.76. The quantitative estimate of drug-likeness (QED) is 0.598. The fraction of sp³-hybridized carbons (Fsp3) is 0.588. The molecule has 1 heterocycles. The molecular weight excluding hydrogens is 362 g/mol. The maximum Gasteiger partial charge on any atom is 0.341 e. The Morgan fingerprint density at radius 3 is 2.84 bits per heavy atom. The van der Waals surface area contributed by atoms with E-state index in [2.05, 4.69) is 4.72 Å². The fourth-order valence-corrected chi connectivity index (χ4v) is 7.24. The maximum atomic E-state index is 12.2. The topological polar surface area (TPSA) is 81.7 Å². The third-order valence-corrected chi connectivity index (χ3v) is 8.11. The lowest BCUT2D eigenvalue weighted by Crippen LogP contribution is -2.28. The minimum absolute atomic E-state index is 0.111. The van der Waals surface area contributed by atoms with Crippen molar-refractivity contribution >= 4 is 27.8 Å². The molecule has 3 unspecified atom stereocenters. The first kappa shape index (κ1) is 18.5. The van der Waals surface area contributed by atoms with Crippen molar-refractivity contribution in [1.82, 2.24) is 4.72 Å². The van der Waals surface area contributed by atoms with Gasteiger partial charge in [-0.3, -0.25) is 0 Å². The molecule has 0 amide bonds. The van der Waals surface area contributed by atoms with Crippen molar-refractivity contribution in [2.24, 2.45) is 5.92 Å². The van der Waals surface area contributed by atoms with Crippen molar-refractivity contribution in [3.05, 3.63) is 29.8 Å². The van der Waals surface area contributed by atoms with Crippen molar-refractivity contribution in [3.63, 3.8) is 0 Å². The van der Waals surface area contributed by atoms with Crippen molar-refractivity contribution in [3.8, 4) is 5.75 Å². The van der Waals surface area contributed by atoms with Gasteiger partial charge in [0.05, 0.1) is 17.7 Å². The normalized spacial score (nSPS) is 27.5. The smallest absolute Gasteiger partial charge is 0.341 e. The molecule has 0 radical (unpaired) electrons. The number of esters is 1. The van der Waals surface area contributed by atoms with E-state index in [9.17, 15) is 13.2 Å². The lowest BCUT2D eigenvalue weighted by atomic mass is 9.89. The molecule has 8 heteroatoms. The Labute approximate surface area is 152 Å². The molecule has 1 aromatic rings. The van der Waals surface area contributed by atoms with Crippen LogP contribution in [0.2, 0.25) is 0 Å². The van der Waals surface area contributed by atoms with Gasteiger partial charge in [0.2, 0.25) is 10.0 Å². The second kappa shape index (κ2) is 7.97. The summed E-state index contributed by atoms with van der Waals surface area (Å²) < 4.78 is 37.6. The van der Waals surface area contributed by atoms with Crippen molar-refractivity contribution in [2.45, 2.75) is 36.3 Å². The van der Waals surface area contributed by atoms with Crippen LogP contribution in [0.15, 0.2) is 24.3 Å². The fourth-order valence-electron chi connectivity index (χ4n) is 3.55. The summed E-state index contributed by atoms with van der Waals surface area (Å²) >= 11 is 1.52. The van der Waals surface area contributed by atoms with Crippen LogP contribution >= 0.6 is 11.8 Å². The number of benzene rings is 1. The standard InChI is InChI=1S/C17H23NO5S2/c1-22-14-8-4-2-6-12(14)17(19)23-10-11-24-16-13-7-3-5-9-15(13)25(20,21)18-16/h2,4,6,8,13,15-16,18H,3,5,7,9-11H2,1H3. The van der Waals surface area contributed by atoms with Gasteiger partial charge in [-0.05, 0) is 25.0 Å². The van der Waals surface area contributed by atoms with Gasteiger partial charge in [0, 0.05) is 11.7 Å². The molecular formula is C17H23NO5S2. The molecule has 1 saturated heterocycles. The Morgan fingerprint density at radius 1 is 1.28 bits per heavy atom. The summed E-state index contributed by atoms with van der Waals surface area (Å²) in [7, 11) is -1.69. The predicted octanol–water partition coefficient (Wildman–Crippen LogP) is 2.40. The number of nitrogens with one attached hydrogen (secondary N) is 1. The zero-order valence-electron chi connectivity index (χ0n) is 14.1. The van der Waals surface area contributed by atoms with E-state index < -0.39 is 16.0 Å². The number of para-hydroxylation sites is 1. The number of fused-ring (bicyclic) bond motifs is 1. The first-order chi connectivity index (χ1) is 12.0. The highest BCUT2D eigenvalue weighted by atomic mass is 32.2. The van der Waals surface area contributed by atoms with E-state index in [-0.39, 0.29) is 23.1 Å². The number of methoxy groups -OCH3 is 1. The number of sulfonamides is 1. The second-order valence-electron chi connectivity index (χ2n) is 6.28. The van der Waals surface area contributed by atoms with Crippen LogP contribution < -0.4 is 9.46 Å². The van der Waals surface area contributed by atoms with E-state index in [1.54, 1.807) is 24.3 Å². The van der Waals surface area contributed by atoms with Crippen LogP contribution in [-0.4, -0.2) is 44.5 Å². The number of carbonyl (C=O) groups is 1. The summed E-state index contributed by atoms with van der Waals surface area (Å²) in [5.41, 5.74) is 0.393. The molecule has 1 N–H and O–H groups in total. The summed E-state index contributed by atoms with van der Waals surface area (Å²) in [6.07, 6.45) is 3.75. The Morgan fingerprint density at radius 2 is 2.04 bits per heavy atom. The molecule has 1 aromatic carbocycles. The zero-order chi connectivity index (χ0) is 17.9. The van der Waals surface area contributed by atoms with Crippen LogP contribution in [0.1, 0.15) is 36.0 Å². The third kappa shape index (κ3) is 4.12. The molecule has 25 heavy (non-hydrogen) atoms.